The van der Waals surface area contributed by atoms with E-state index in [9.17, 15) is 0 Å². The lowest BCUT2D eigenvalue weighted by Gasteiger charge is -2.36. The average Bonchev–Trinajstić information content (AvgIpc) is 3.13. The maximum atomic E-state index is 5.73. The summed E-state index contributed by atoms with van der Waals surface area (Å²) < 4.78 is 10.5. The van der Waals surface area contributed by atoms with Crippen LogP contribution in [0.25, 0.3) is 0 Å². The Balaban J connectivity index is 1.25. The lowest BCUT2D eigenvalue weighted by Crippen LogP contribution is -2.47. The summed E-state index contributed by atoms with van der Waals surface area (Å²) in [6.45, 7) is 7.02. The van der Waals surface area contributed by atoms with E-state index in [-0.39, 0.29) is 0 Å². The predicted molar refractivity (Wildman–Crippen MR) is 90.7 cm³/mol. The normalized spacial score (nSPS) is 15.9. The average molecular weight is 315 g/mol. The fourth-order valence-corrected chi connectivity index (χ4v) is 2.89. The first kappa shape index (κ1) is 16.0. The molecule has 0 spiro atoms. The number of aromatic nitrogens is 1. The molecule has 1 aliphatic heterocycles. The van der Waals surface area contributed by atoms with Gasteiger partial charge in [0, 0.05) is 51.1 Å². The Morgan fingerprint density at radius 3 is 2.57 bits per heavy atom. The SMILES string of the molecule is c1ccc(N2CCN(CCOCCCc3ccon3)CC2)cc1. The van der Waals surface area contributed by atoms with Crippen LogP contribution in [0.15, 0.2) is 47.2 Å². The van der Waals surface area contributed by atoms with Crippen molar-refractivity contribution in [1.82, 2.24) is 10.1 Å². The Morgan fingerprint density at radius 1 is 1.00 bits per heavy atom. The molecule has 1 aromatic heterocycles. The second-order valence-corrected chi connectivity index (χ2v) is 5.87. The molecule has 1 aliphatic rings. The number of para-hydroxylation sites is 1. The first-order chi connectivity index (χ1) is 11.4. The van der Waals surface area contributed by atoms with Crippen LogP contribution in [0.4, 0.5) is 5.69 Å². The highest BCUT2D eigenvalue weighted by Crippen LogP contribution is 2.15. The number of ether oxygens (including phenoxy) is 1. The zero-order chi connectivity index (χ0) is 15.7. The summed E-state index contributed by atoms with van der Waals surface area (Å²) >= 11 is 0. The van der Waals surface area contributed by atoms with Gasteiger partial charge in [0.1, 0.15) is 6.26 Å². The Hall–Kier alpha value is -1.85. The van der Waals surface area contributed by atoms with Crippen molar-refractivity contribution in [2.45, 2.75) is 12.8 Å². The van der Waals surface area contributed by atoms with Crippen LogP contribution < -0.4 is 4.90 Å². The molecule has 23 heavy (non-hydrogen) atoms. The van der Waals surface area contributed by atoms with E-state index < -0.39 is 0 Å². The third-order valence-electron chi connectivity index (χ3n) is 4.26. The lowest BCUT2D eigenvalue weighted by atomic mass is 10.2. The molecule has 0 radical (unpaired) electrons. The molecule has 2 aromatic rings. The lowest BCUT2D eigenvalue weighted by molar-refractivity contribution is 0.0997. The van der Waals surface area contributed by atoms with E-state index in [4.69, 9.17) is 9.26 Å². The second kappa shape index (κ2) is 8.70. The van der Waals surface area contributed by atoms with E-state index in [1.54, 1.807) is 6.26 Å². The maximum absolute atomic E-state index is 5.73. The Bertz CT molecular complexity index is 537. The van der Waals surface area contributed by atoms with Gasteiger partial charge in [0.2, 0.25) is 0 Å². The number of aryl methyl sites for hydroxylation is 1. The van der Waals surface area contributed by atoms with Gasteiger partial charge in [0.05, 0.1) is 12.3 Å². The number of hydrogen-bond donors (Lipinski definition) is 0. The molecule has 1 saturated heterocycles. The maximum Gasteiger partial charge on any atom is 0.124 e. The number of hydrogen-bond acceptors (Lipinski definition) is 5. The predicted octanol–water partition coefficient (Wildman–Crippen LogP) is 2.45. The van der Waals surface area contributed by atoms with Gasteiger partial charge < -0.3 is 14.2 Å². The molecule has 3 rings (SSSR count). The monoisotopic (exact) mass is 315 g/mol. The molecule has 0 saturated carbocycles. The van der Waals surface area contributed by atoms with Crippen molar-refractivity contribution in [3.63, 3.8) is 0 Å². The molecule has 0 aliphatic carbocycles. The van der Waals surface area contributed by atoms with Gasteiger partial charge in [-0.15, -0.1) is 0 Å². The van der Waals surface area contributed by atoms with Crippen LogP contribution >= 0.6 is 0 Å². The van der Waals surface area contributed by atoms with Crippen molar-refractivity contribution in [1.29, 1.82) is 0 Å². The number of benzene rings is 1. The molecule has 0 bridgehead atoms. The van der Waals surface area contributed by atoms with E-state index in [2.05, 4.69) is 45.3 Å². The minimum atomic E-state index is 0.789. The fourth-order valence-electron chi connectivity index (χ4n) is 2.89. The van der Waals surface area contributed by atoms with Gasteiger partial charge in [-0.25, -0.2) is 0 Å². The largest absolute Gasteiger partial charge is 0.380 e. The topological polar surface area (TPSA) is 41.7 Å². The molecule has 0 amide bonds. The Kier molecular flexibility index (Phi) is 6.06. The molecule has 0 atom stereocenters. The van der Waals surface area contributed by atoms with E-state index in [1.165, 1.54) is 5.69 Å². The summed E-state index contributed by atoms with van der Waals surface area (Å²) in [5.74, 6) is 0. The third kappa shape index (κ3) is 5.08. The number of rotatable bonds is 8. The highest BCUT2D eigenvalue weighted by Gasteiger charge is 2.16. The van der Waals surface area contributed by atoms with Crippen LogP contribution in [0.1, 0.15) is 12.1 Å². The van der Waals surface area contributed by atoms with Crippen molar-refractivity contribution < 1.29 is 9.26 Å². The number of anilines is 1. The van der Waals surface area contributed by atoms with Crippen LogP contribution in [0.3, 0.4) is 0 Å². The number of piperazine rings is 1. The molecule has 124 valence electrons. The van der Waals surface area contributed by atoms with Gasteiger partial charge >= 0.3 is 0 Å². The summed E-state index contributed by atoms with van der Waals surface area (Å²) in [5.41, 5.74) is 2.34. The van der Waals surface area contributed by atoms with Crippen LogP contribution in [0.2, 0.25) is 0 Å². The van der Waals surface area contributed by atoms with E-state index in [1.807, 2.05) is 6.07 Å². The van der Waals surface area contributed by atoms with Gasteiger partial charge in [0.25, 0.3) is 0 Å². The minimum absolute atomic E-state index is 0.789. The van der Waals surface area contributed by atoms with Gasteiger partial charge in [0.15, 0.2) is 0 Å². The molecule has 2 heterocycles. The zero-order valence-corrected chi connectivity index (χ0v) is 13.6. The van der Waals surface area contributed by atoms with Gasteiger partial charge in [-0.1, -0.05) is 23.4 Å². The van der Waals surface area contributed by atoms with E-state index >= 15 is 0 Å². The highest BCUT2D eigenvalue weighted by molar-refractivity contribution is 5.46. The fraction of sp³-hybridized carbons (Fsp3) is 0.500. The molecule has 1 aromatic carbocycles. The van der Waals surface area contributed by atoms with Gasteiger partial charge in [-0.05, 0) is 25.0 Å². The van der Waals surface area contributed by atoms with Crippen LogP contribution in [0.5, 0.6) is 0 Å². The minimum Gasteiger partial charge on any atom is -0.380 e. The zero-order valence-electron chi connectivity index (χ0n) is 13.6. The van der Waals surface area contributed by atoms with Gasteiger partial charge in [-0.3, -0.25) is 4.90 Å². The van der Waals surface area contributed by atoms with E-state index in [0.29, 0.717) is 0 Å². The molecule has 1 fully saturated rings. The van der Waals surface area contributed by atoms with Crippen LogP contribution in [-0.4, -0.2) is 56.0 Å². The summed E-state index contributed by atoms with van der Waals surface area (Å²) in [5, 5.41) is 3.90. The summed E-state index contributed by atoms with van der Waals surface area (Å²) in [7, 11) is 0. The molecule has 5 nitrogen and oxygen atoms in total. The molecular formula is C18H25N3O2. The van der Waals surface area contributed by atoms with E-state index in [0.717, 1.165) is 64.5 Å². The summed E-state index contributed by atoms with van der Waals surface area (Å²) in [4.78, 5) is 4.94. The van der Waals surface area contributed by atoms with Crippen LogP contribution in [-0.2, 0) is 11.2 Å². The summed E-state index contributed by atoms with van der Waals surface area (Å²) in [6.07, 6.45) is 3.53. The first-order valence-electron chi connectivity index (χ1n) is 8.41. The van der Waals surface area contributed by atoms with Crippen molar-refractivity contribution in [2.75, 3.05) is 50.8 Å². The standard InChI is InChI=1S/C18H25N3O2/c1-2-6-18(7-3-1)21-11-9-20(10-12-21)13-16-22-14-4-5-17-8-15-23-19-17/h1-3,6-8,15H,4-5,9-14,16H2. The molecule has 0 N–H and O–H groups in total. The van der Waals surface area contributed by atoms with Gasteiger partial charge in [-0.2, -0.15) is 0 Å². The first-order valence-corrected chi connectivity index (χ1v) is 8.41. The Morgan fingerprint density at radius 2 is 1.83 bits per heavy atom. The summed E-state index contributed by atoms with van der Waals surface area (Å²) in [6, 6.07) is 12.6. The van der Waals surface area contributed by atoms with Crippen molar-refractivity contribution >= 4 is 5.69 Å². The van der Waals surface area contributed by atoms with Crippen LogP contribution in [0, 0.1) is 0 Å². The molecule has 0 unspecified atom stereocenters. The highest BCUT2D eigenvalue weighted by atomic mass is 16.5. The quantitative estimate of drug-likeness (QED) is 0.700. The van der Waals surface area contributed by atoms with Crippen molar-refractivity contribution in [2.24, 2.45) is 0 Å². The Labute approximate surface area is 137 Å². The van der Waals surface area contributed by atoms with Crippen molar-refractivity contribution in [3.05, 3.63) is 48.4 Å². The molecule has 5 heteroatoms. The second-order valence-electron chi connectivity index (χ2n) is 5.87. The third-order valence-corrected chi connectivity index (χ3v) is 4.26. The van der Waals surface area contributed by atoms with Crippen molar-refractivity contribution in [3.8, 4) is 0 Å². The number of nitrogens with zero attached hydrogens (tertiary/aromatic N) is 3. The molecular weight excluding hydrogens is 290 g/mol. The smallest absolute Gasteiger partial charge is 0.124 e.